The Morgan fingerprint density at radius 2 is 1.61 bits per heavy atom. The second kappa shape index (κ2) is 9.09. The summed E-state index contributed by atoms with van der Waals surface area (Å²) in [6.45, 7) is 4.07. The van der Waals surface area contributed by atoms with Crippen LogP contribution in [0.25, 0.3) is 0 Å². The fraction of sp³-hybridized carbons (Fsp3) is 0.731. The molecule has 4 aliphatic carbocycles. The van der Waals surface area contributed by atoms with E-state index in [4.69, 9.17) is 0 Å². The van der Waals surface area contributed by atoms with Gasteiger partial charge in [-0.2, -0.15) is 0 Å². The van der Waals surface area contributed by atoms with Gasteiger partial charge >= 0.3 is 6.03 Å². The van der Waals surface area contributed by atoms with Crippen molar-refractivity contribution in [1.82, 2.24) is 15.5 Å². The summed E-state index contributed by atoms with van der Waals surface area (Å²) < 4.78 is 13.1. The molecular weight excluding hydrogens is 389 g/mol. The summed E-state index contributed by atoms with van der Waals surface area (Å²) in [6, 6.07) is 7.03. The molecule has 0 unspecified atom stereocenters. The molecule has 31 heavy (non-hydrogen) atoms. The highest BCUT2D eigenvalue weighted by Crippen LogP contribution is 2.55. The molecule has 5 heteroatoms. The molecule has 0 radical (unpaired) electrons. The van der Waals surface area contributed by atoms with Crippen LogP contribution in [-0.2, 0) is 6.42 Å². The zero-order valence-corrected chi connectivity index (χ0v) is 18.8. The smallest absolute Gasteiger partial charge is 0.315 e. The third-order valence-corrected chi connectivity index (χ3v) is 8.50. The Kier molecular flexibility index (Phi) is 6.23. The van der Waals surface area contributed by atoms with Crippen molar-refractivity contribution >= 4 is 6.03 Å². The van der Waals surface area contributed by atoms with Crippen molar-refractivity contribution in [2.75, 3.05) is 26.2 Å². The molecule has 2 amide bonds. The van der Waals surface area contributed by atoms with Gasteiger partial charge in [0.05, 0.1) is 0 Å². The minimum atomic E-state index is -0.154. The molecule has 1 aliphatic heterocycles. The molecule has 1 aromatic rings. The van der Waals surface area contributed by atoms with Crippen LogP contribution < -0.4 is 10.6 Å². The standard InChI is InChI=1S/C26H38FN3O/c27-24-4-2-19(3-5-24)12-20-6-10-30(11-7-20)9-1-8-28-25(31)29-26-16-21-13-22(17-26)15-23(14-21)18-26/h2-5,20-23H,1,6-18H2,(H2,28,29,31). The van der Waals surface area contributed by atoms with Gasteiger partial charge in [-0.05, 0) is 125 Å². The highest BCUT2D eigenvalue weighted by molar-refractivity contribution is 5.74. The van der Waals surface area contributed by atoms with Crippen molar-refractivity contribution in [1.29, 1.82) is 0 Å². The van der Waals surface area contributed by atoms with Gasteiger partial charge in [-0.3, -0.25) is 0 Å². The average molecular weight is 428 g/mol. The topological polar surface area (TPSA) is 44.4 Å². The van der Waals surface area contributed by atoms with E-state index in [0.717, 1.165) is 56.8 Å². The van der Waals surface area contributed by atoms with E-state index in [2.05, 4.69) is 15.5 Å². The summed E-state index contributed by atoms with van der Waals surface area (Å²) >= 11 is 0. The Hall–Kier alpha value is -1.62. The van der Waals surface area contributed by atoms with Gasteiger partial charge in [0.15, 0.2) is 0 Å². The number of amides is 2. The largest absolute Gasteiger partial charge is 0.338 e. The van der Waals surface area contributed by atoms with Crippen molar-refractivity contribution in [3.8, 4) is 0 Å². The SMILES string of the molecule is O=C(NCCCN1CCC(Cc2ccc(F)cc2)CC1)NC12CC3CC(CC(C3)C1)C2. The third-order valence-electron chi connectivity index (χ3n) is 8.50. The van der Waals surface area contributed by atoms with Crippen molar-refractivity contribution in [2.45, 2.75) is 69.7 Å². The number of rotatable bonds is 7. The predicted molar refractivity (Wildman–Crippen MR) is 121 cm³/mol. The minimum absolute atomic E-state index is 0.0555. The number of hydrogen-bond donors (Lipinski definition) is 2. The van der Waals surface area contributed by atoms with Crippen molar-refractivity contribution in [3.05, 3.63) is 35.6 Å². The van der Waals surface area contributed by atoms with Crippen LogP contribution in [0.5, 0.6) is 0 Å². The molecule has 1 aromatic carbocycles. The van der Waals surface area contributed by atoms with E-state index >= 15 is 0 Å². The maximum atomic E-state index is 13.1. The average Bonchev–Trinajstić information content (AvgIpc) is 2.73. The van der Waals surface area contributed by atoms with E-state index in [9.17, 15) is 9.18 Å². The molecule has 1 saturated heterocycles. The molecule has 0 spiro atoms. The lowest BCUT2D eigenvalue weighted by Crippen LogP contribution is -2.61. The first-order valence-corrected chi connectivity index (χ1v) is 12.6. The fourth-order valence-corrected chi connectivity index (χ4v) is 7.42. The fourth-order valence-electron chi connectivity index (χ4n) is 7.42. The Labute approximate surface area is 186 Å². The van der Waals surface area contributed by atoms with Gasteiger partial charge in [-0.15, -0.1) is 0 Å². The summed E-state index contributed by atoms with van der Waals surface area (Å²) in [4.78, 5) is 15.1. The Morgan fingerprint density at radius 1 is 1.00 bits per heavy atom. The van der Waals surface area contributed by atoms with Gasteiger partial charge in [-0.25, -0.2) is 9.18 Å². The number of carbonyl (C=O) groups excluding carboxylic acids is 1. The van der Waals surface area contributed by atoms with Gasteiger partial charge < -0.3 is 15.5 Å². The third kappa shape index (κ3) is 5.24. The molecule has 5 aliphatic rings. The number of benzene rings is 1. The van der Waals surface area contributed by atoms with E-state index in [-0.39, 0.29) is 17.4 Å². The van der Waals surface area contributed by atoms with Crippen LogP contribution in [-0.4, -0.2) is 42.6 Å². The molecule has 0 atom stereocenters. The summed E-state index contributed by atoms with van der Waals surface area (Å²) in [5, 5.41) is 6.54. The number of urea groups is 1. The first-order valence-electron chi connectivity index (χ1n) is 12.6. The van der Waals surface area contributed by atoms with Gasteiger partial charge in [0.25, 0.3) is 0 Å². The van der Waals surface area contributed by atoms with Crippen LogP contribution in [0.2, 0.25) is 0 Å². The van der Waals surface area contributed by atoms with Gasteiger partial charge in [-0.1, -0.05) is 12.1 Å². The van der Waals surface area contributed by atoms with Crippen molar-refractivity contribution < 1.29 is 9.18 Å². The van der Waals surface area contributed by atoms with Crippen LogP contribution >= 0.6 is 0 Å². The van der Waals surface area contributed by atoms with Crippen molar-refractivity contribution in [2.24, 2.45) is 23.7 Å². The van der Waals surface area contributed by atoms with Crippen molar-refractivity contribution in [3.63, 3.8) is 0 Å². The first kappa shape index (κ1) is 21.2. The lowest BCUT2D eigenvalue weighted by molar-refractivity contribution is -0.0135. The summed E-state index contributed by atoms with van der Waals surface area (Å²) in [6.07, 6.45) is 12.3. The van der Waals surface area contributed by atoms with E-state index in [1.54, 1.807) is 12.1 Å². The molecule has 0 aromatic heterocycles. The minimum Gasteiger partial charge on any atom is -0.338 e. The maximum absolute atomic E-state index is 13.1. The quantitative estimate of drug-likeness (QED) is 0.618. The van der Waals surface area contributed by atoms with E-state index < -0.39 is 0 Å². The second-order valence-electron chi connectivity index (χ2n) is 11.0. The first-order chi connectivity index (χ1) is 15.1. The summed E-state index contributed by atoms with van der Waals surface area (Å²) in [5.41, 5.74) is 1.35. The number of hydrogen-bond acceptors (Lipinski definition) is 2. The van der Waals surface area contributed by atoms with Crippen LogP contribution in [0.15, 0.2) is 24.3 Å². The van der Waals surface area contributed by atoms with Crippen LogP contribution in [0.3, 0.4) is 0 Å². The van der Waals surface area contributed by atoms with E-state index in [1.165, 1.54) is 56.9 Å². The molecule has 4 saturated carbocycles. The maximum Gasteiger partial charge on any atom is 0.315 e. The number of likely N-dealkylation sites (tertiary alicyclic amines) is 1. The van der Waals surface area contributed by atoms with Crippen LogP contribution in [0, 0.1) is 29.5 Å². The molecule has 2 N–H and O–H groups in total. The number of nitrogens with zero attached hydrogens (tertiary/aromatic N) is 1. The number of nitrogens with one attached hydrogen (secondary N) is 2. The van der Waals surface area contributed by atoms with E-state index in [0.29, 0.717) is 5.92 Å². The monoisotopic (exact) mass is 427 g/mol. The molecule has 1 heterocycles. The molecule has 5 fully saturated rings. The Balaban J connectivity index is 0.970. The number of piperidine rings is 1. The number of carbonyl (C=O) groups is 1. The molecular formula is C26H38FN3O. The van der Waals surface area contributed by atoms with Gasteiger partial charge in [0, 0.05) is 12.1 Å². The highest BCUT2D eigenvalue weighted by Gasteiger charge is 2.51. The summed E-state index contributed by atoms with van der Waals surface area (Å²) in [7, 11) is 0. The zero-order chi connectivity index (χ0) is 21.3. The molecule has 170 valence electrons. The lowest BCUT2D eigenvalue weighted by atomic mass is 9.53. The summed E-state index contributed by atoms with van der Waals surface area (Å²) in [5.74, 6) is 3.12. The Morgan fingerprint density at radius 3 is 2.23 bits per heavy atom. The molecule has 4 bridgehead atoms. The van der Waals surface area contributed by atoms with E-state index in [1.807, 2.05) is 12.1 Å². The van der Waals surface area contributed by atoms with Gasteiger partial charge in [0.1, 0.15) is 5.82 Å². The predicted octanol–water partition coefficient (Wildman–Crippen LogP) is 4.74. The zero-order valence-electron chi connectivity index (χ0n) is 18.8. The van der Waals surface area contributed by atoms with Crippen LogP contribution in [0.4, 0.5) is 9.18 Å². The molecule has 4 nitrogen and oxygen atoms in total. The highest BCUT2D eigenvalue weighted by atomic mass is 19.1. The molecule has 6 rings (SSSR count). The normalized spacial score (nSPS) is 32.9. The Bertz CT molecular complexity index is 721. The van der Waals surface area contributed by atoms with Gasteiger partial charge in [0.2, 0.25) is 0 Å². The lowest BCUT2D eigenvalue weighted by Gasteiger charge is -2.56. The van der Waals surface area contributed by atoms with Crippen LogP contribution in [0.1, 0.15) is 63.4 Å². The second-order valence-corrected chi connectivity index (χ2v) is 11.0. The number of halogens is 1.